The van der Waals surface area contributed by atoms with Crippen molar-refractivity contribution in [3.8, 4) is 0 Å². The number of nitrogens with one attached hydrogen (secondary N) is 3. The average Bonchev–Trinajstić information content (AvgIpc) is 2.53. The second kappa shape index (κ2) is 8.56. The summed E-state index contributed by atoms with van der Waals surface area (Å²) in [5, 5.41) is 9.67. The molecule has 1 saturated carbocycles. The van der Waals surface area contributed by atoms with Gasteiger partial charge in [0.2, 0.25) is 5.91 Å². The molecule has 2 rings (SSSR count). The van der Waals surface area contributed by atoms with Crippen LogP contribution < -0.4 is 16.0 Å². The molecule has 0 aromatic heterocycles. The first-order chi connectivity index (χ1) is 11.1. The lowest BCUT2D eigenvalue weighted by Crippen LogP contribution is -2.44. The first-order valence-electron chi connectivity index (χ1n) is 8.40. The van der Waals surface area contributed by atoms with E-state index in [9.17, 15) is 4.79 Å². The Kier molecular flexibility index (Phi) is 6.44. The van der Waals surface area contributed by atoms with Gasteiger partial charge >= 0.3 is 0 Å². The molecule has 1 aromatic rings. The third-order valence-corrected chi connectivity index (χ3v) is 4.29. The van der Waals surface area contributed by atoms with Crippen molar-refractivity contribution in [2.24, 2.45) is 10.9 Å². The fourth-order valence-corrected chi connectivity index (χ4v) is 2.94. The molecule has 1 aliphatic carbocycles. The maximum atomic E-state index is 11.1. The van der Waals surface area contributed by atoms with E-state index in [1.807, 2.05) is 24.3 Å². The fraction of sp³-hybridized carbons (Fsp3) is 0.556. The van der Waals surface area contributed by atoms with Gasteiger partial charge in [-0.15, -0.1) is 0 Å². The van der Waals surface area contributed by atoms with Gasteiger partial charge in [-0.3, -0.25) is 9.79 Å². The summed E-state index contributed by atoms with van der Waals surface area (Å²) >= 11 is 0. The Morgan fingerprint density at radius 3 is 2.65 bits per heavy atom. The molecule has 23 heavy (non-hydrogen) atoms. The molecule has 0 spiro atoms. The number of benzene rings is 1. The zero-order chi connectivity index (χ0) is 16.7. The molecule has 0 heterocycles. The number of nitrogens with zero attached hydrogens (tertiary/aromatic N) is 1. The summed E-state index contributed by atoms with van der Waals surface area (Å²) in [6.45, 7) is 4.52. The third-order valence-electron chi connectivity index (χ3n) is 4.29. The number of aliphatic imine (C=N–C) groups is 1. The van der Waals surface area contributed by atoms with Crippen LogP contribution in [0.1, 0.15) is 45.1 Å². The average molecular weight is 316 g/mol. The van der Waals surface area contributed by atoms with Gasteiger partial charge in [0.05, 0.1) is 0 Å². The number of anilines is 1. The summed E-state index contributed by atoms with van der Waals surface area (Å²) in [6, 6.07) is 8.36. The molecular weight excluding hydrogens is 288 g/mol. The molecule has 0 unspecified atom stereocenters. The van der Waals surface area contributed by atoms with Crippen LogP contribution in [0.15, 0.2) is 29.3 Å². The number of hydrogen-bond acceptors (Lipinski definition) is 2. The Hall–Kier alpha value is -2.04. The van der Waals surface area contributed by atoms with E-state index in [0.717, 1.165) is 23.1 Å². The monoisotopic (exact) mass is 316 g/mol. The summed E-state index contributed by atoms with van der Waals surface area (Å²) < 4.78 is 0. The van der Waals surface area contributed by atoms with Crippen LogP contribution in [0, 0.1) is 5.92 Å². The van der Waals surface area contributed by atoms with Gasteiger partial charge in [-0.2, -0.15) is 0 Å². The second-order valence-corrected chi connectivity index (χ2v) is 6.41. The summed E-state index contributed by atoms with van der Waals surface area (Å²) in [5.41, 5.74) is 1.93. The Morgan fingerprint density at radius 1 is 1.26 bits per heavy atom. The van der Waals surface area contributed by atoms with Gasteiger partial charge in [0.15, 0.2) is 5.96 Å². The van der Waals surface area contributed by atoms with Gasteiger partial charge in [0.1, 0.15) is 0 Å². The molecule has 3 N–H and O–H groups in total. The minimum atomic E-state index is -0.0564. The summed E-state index contributed by atoms with van der Waals surface area (Å²) in [4.78, 5) is 15.4. The van der Waals surface area contributed by atoms with E-state index >= 15 is 0 Å². The van der Waals surface area contributed by atoms with E-state index < -0.39 is 0 Å². The van der Waals surface area contributed by atoms with E-state index in [2.05, 4.69) is 27.9 Å². The smallest absolute Gasteiger partial charge is 0.221 e. The summed E-state index contributed by atoms with van der Waals surface area (Å²) in [6.07, 6.45) is 4.99. The van der Waals surface area contributed by atoms with Crippen molar-refractivity contribution in [2.45, 2.75) is 52.1 Å². The summed E-state index contributed by atoms with van der Waals surface area (Å²) in [7, 11) is 1.80. The third kappa shape index (κ3) is 5.93. The lowest BCUT2D eigenvalue weighted by molar-refractivity contribution is -0.114. The van der Waals surface area contributed by atoms with Crippen LogP contribution in [0.2, 0.25) is 0 Å². The van der Waals surface area contributed by atoms with E-state index in [1.165, 1.54) is 32.6 Å². The zero-order valence-corrected chi connectivity index (χ0v) is 14.4. The molecule has 0 radical (unpaired) electrons. The van der Waals surface area contributed by atoms with E-state index in [4.69, 9.17) is 0 Å². The molecule has 0 saturated heterocycles. The number of hydrogen-bond donors (Lipinski definition) is 3. The minimum Gasteiger partial charge on any atom is -0.354 e. The van der Waals surface area contributed by atoms with Gasteiger partial charge in [-0.05, 0) is 49.3 Å². The van der Waals surface area contributed by atoms with Crippen molar-refractivity contribution in [2.75, 3.05) is 12.4 Å². The van der Waals surface area contributed by atoms with Gasteiger partial charge in [-0.1, -0.05) is 19.1 Å². The SMILES string of the molecule is CN=C(NCc1cccc(NC(C)=O)c1)NC1CCC(C)CC1. The molecule has 0 bridgehead atoms. The first kappa shape index (κ1) is 17.3. The highest BCUT2D eigenvalue weighted by molar-refractivity contribution is 5.88. The van der Waals surface area contributed by atoms with Crippen molar-refractivity contribution in [1.29, 1.82) is 0 Å². The van der Waals surface area contributed by atoms with Crippen LogP contribution in [0.3, 0.4) is 0 Å². The maximum Gasteiger partial charge on any atom is 0.221 e. The molecule has 1 amide bonds. The Balaban J connectivity index is 1.84. The van der Waals surface area contributed by atoms with Crippen LogP contribution in [0.5, 0.6) is 0 Å². The number of rotatable bonds is 4. The largest absolute Gasteiger partial charge is 0.354 e. The van der Waals surface area contributed by atoms with Crippen molar-refractivity contribution >= 4 is 17.6 Å². The van der Waals surface area contributed by atoms with Crippen molar-refractivity contribution < 1.29 is 4.79 Å². The Labute approximate surface area is 139 Å². The summed E-state index contributed by atoms with van der Waals surface area (Å²) in [5.74, 6) is 1.63. The molecule has 0 atom stereocenters. The number of amides is 1. The van der Waals surface area contributed by atoms with E-state index in [0.29, 0.717) is 12.6 Å². The highest BCUT2D eigenvalue weighted by atomic mass is 16.1. The quantitative estimate of drug-likeness (QED) is 0.591. The molecule has 1 fully saturated rings. The highest BCUT2D eigenvalue weighted by Gasteiger charge is 2.18. The van der Waals surface area contributed by atoms with Gasteiger partial charge in [0, 0.05) is 32.2 Å². The normalized spacial score (nSPS) is 21.6. The molecule has 5 heteroatoms. The maximum absolute atomic E-state index is 11.1. The Morgan fingerprint density at radius 2 is 2.00 bits per heavy atom. The Bertz CT molecular complexity index is 548. The predicted molar refractivity (Wildman–Crippen MR) is 95.5 cm³/mol. The van der Waals surface area contributed by atoms with Crippen molar-refractivity contribution in [3.63, 3.8) is 0 Å². The topological polar surface area (TPSA) is 65.5 Å². The van der Waals surface area contributed by atoms with E-state index in [-0.39, 0.29) is 5.91 Å². The molecule has 1 aromatic carbocycles. The fourth-order valence-electron chi connectivity index (χ4n) is 2.94. The lowest BCUT2D eigenvalue weighted by Gasteiger charge is -2.28. The van der Waals surface area contributed by atoms with Crippen molar-refractivity contribution in [3.05, 3.63) is 29.8 Å². The molecule has 0 aliphatic heterocycles. The van der Waals surface area contributed by atoms with Crippen molar-refractivity contribution in [1.82, 2.24) is 10.6 Å². The van der Waals surface area contributed by atoms with Crippen LogP contribution in [0.4, 0.5) is 5.69 Å². The molecule has 126 valence electrons. The predicted octanol–water partition coefficient (Wildman–Crippen LogP) is 2.89. The van der Waals surface area contributed by atoms with Crippen LogP contribution in [0.25, 0.3) is 0 Å². The molecule has 1 aliphatic rings. The number of carbonyl (C=O) groups excluding carboxylic acids is 1. The first-order valence-corrected chi connectivity index (χ1v) is 8.40. The van der Waals surface area contributed by atoms with Crippen LogP contribution >= 0.6 is 0 Å². The number of carbonyl (C=O) groups is 1. The van der Waals surface area contributed by atoms with Gasteiger partial charge in [0.25, 0.3) is 0 Å². The van der Waals surface area contributed by atoms with Crippen LogP contribution in [-0.2, 0) is 11.3 Å². The van der Waals surface area contributed by atoms with Gasteiger partial charge < -0.3 is 16.0 Å². The number of guanidine groups is 1. The zero-order valence-electron chi connectivity index (χ0n) is 14.4. The van der Waals surface area contributed by atoms with Gasteiger partial charge in [-0.25, -0.2) is 0 Å². The molecular formula is C18H28N4O. The minimum absolute atomic E-state index is 0.0564. The second-order valence-electron chi connectivity index (χ2n) is 6.41. The highest BCUT2D eigenvalue weighted by Crippen LogP contribution is 2.23. The van der Waals surface area contributed by atoms with E-state index in [1.54, 1.807) is 7.05 Å². The standard InChI is InChI=1S/C18H28N4O/c1-13-7-9-16(10-8-13)22-18(19-3)20-12-15-5-4-6-17(11-15)21-14(2)23/h4-6,11,13,16H,7-10,12H2,1-3H3,(H,21,23)(H2,19,20,22). The lowest BCUT2D eigenvalue weighted by atomic mass is 9.87. The molecule has 5 nitrogen and oxygen atoms in total. The van der Waals surface area contributed by atoms with Crippen LogP contribution in [-0.4, -0.2) is 25.0 Å².